The molecule has 0 saturated carbocycles. The van der Waals surface area contributed by atoms with Crippen molar-refractivity contribution in [2.24, 2.45) is 0 Å². The van der Waals surface area contributed by atoms with Crippen molar-refractivity contribution < 1.29 is 13.9 Å². The third-order valence-electron chi connectivity index (χ3n) is 3.76. The third-order valence-corrected chi connectivity index (χ3v) is 4.48. The maximum atomic E-state index is 13.0. The van der Waals surface area contributed by atoms with Gasteiger partial charge in [0, 0.05) is 5.56 Å². The summed E-state index contributed by atoms with van der Waals surface area (Å²) in [4.78, 5) is 13.0. The molecule has 0 spiro atoms. The smallest absolute Gasteiger partial charge is 0.265 e. The van der Waals surface area contributed by atoms with Gasteiger partial charge in [0.25, 0.3) is 5.91 Å². The quantitative estimate of drug-likeness (QED) is 0.753. The van der Waals surface area contributed by atoms with E-state index < -0.39 is 0 Å². The van der Waals surface area contributed by atoms with Crippen LogP contribution in [0.2, 0.25) is 0 Å². The van der Waals surface area contributed by atoms with Crippen LogP contribution < -0.4 is 10.1 Å². The van der Waals surface area contributed by atoms with E-state index >= 15 is 0 Å². The number of ether oxygens (including phenoxy) is 1. The van der Waals surface area contributed by atoms with Gasteiger partial charge in [-0.05, 0) is 48.3 Å². The predicted molar refractivity (Wildman–Crippen MR) is 94.2 cm³/mol. The average molecular weight is 357 g/mol. The first-order valence-electron chi connectivity index (χ1n) is 7.61. The first kappa shape index (κ1) is 17.0. The van der Waals surface area contributed by atoms with Crippen molar-refractivity contribution in [1.82, 2.24) is 14.9 Å². The highest BCUT2D eigenvalue weighted by Crippen LogP contribution is 2.27. The van der Waals surface area contributed by atoms with Gasteiger partial charge < -0.3 is 10.1 Å². The molecule has 2 aromatic carbocycles. The molecule has 0 bridgehead atoms. The highest BCUT2D eigenvalue weighted by atomic mass is 32.1. The van der Waals surface area contributed by atoms with Crippen molar-refractivity contribution >= 4 is 17.4 Å². The average Bonchev–Trinajstić information content (AvgIpc) is 3.12. The molecular formula is C18H16FN3O2S. The van der Waals surface area contributed by atoms with E-state index in [1.165, 1.54) is 12.1 Å². The summed E-state index contributed by atoms with van der Waals surface area (Å²) in [7, 11) is 1.58. The standard InChI is InChI=1S/C18H16FN3O2S/c1-11(12-6-8-14(19)9-7-12)20-18(23)17-16(21-22-25-17)13-4-3-5-15(10-13)24-2/h3-11H,1-2H3,(H,20,23)/t11-/m0/s1. The molecule has 1 atom stereocenters. The van der Waals surface area contributed by atoms with E-state index in [9.17, 15) is 9.18 Å². The van der Waals surface area contributed by atoms with Gasteiger partial charge in [-0.2, -0.15) is 0 Å². The summed E-state index contributed by atoms with van der Waals surface area (Å²) in [5.41, 5.74) is 2.08. The van der Waals surface area contributed by atoms with E-state index in [-0.39, 0.29) is 17.8 Å². The Morgan fingerprint density at radius 1 is 1.24 bits per heavy atom. The van der Waals surface area contributed by atoms with Crippen molar-refractivity contribution in [3.8, 4) is 17.0 Å². The SMILES string of the molecule is COc1cccc(-c2nnsc2C(=O)N[C@@H](C)c2ccc(F)cc2)c1. The number of carbonyl (C=O) groups is 1. The Kier molecular flexibility index (Phi) is 5.04. The summed E-state index contributed by atoms with van der Waals surface area (Å²) in [5.74, 6) is 0.0930. The summed E-state index contributed by atoms with van der Waals surface area (Å²) in [6.45, 7) is 1.84. The highest BCUT2D eigenvalue weighted by molar-refractivity contribution is 7.08. The Bertz CT molecular complexity index is 880. The van der Waals surface area contributed by atoms with Crippen LogP contribution in [0.15, 0.2) is 48.5 Å². The molecule has 1 heterocycles. The first-order valence-corrected chi connectivity index (χ1v) is 8.39. The molecule has 3 aromatic rings. The second kappa shape index (κ2) is 7.40. The Balaban J connectivity index is 1.81. The number of hydrogen-bond donors (Lipinski definition) is 1. The summed E-state index contributed by atoms with van der Waals surface area (Å²) >= 11 is 1.03. The summed E-state index contributed by atoms with van der Waals surface area (Å²) in [5, 5.41) is 6.97. The molecule has 1 N–H and O–H groups in total. The van der Waals surface area contributed by atoms with E-state index in [0.29, 0.717) is 16.3 Å². The van der Waals surface area contributed by atoms with Gasteiger partial charge in [0.2, 0.25) is 0 Å². The third kappa shape index (κ3) is 3.83. The molecule has 1 amide bonds. The van der Waals surface area contributed by atoms with E-state index in [2.05, 4.69) is 14.9 Å². The molecule has 0 saturated heterocycles. The molecular weight excluding hydrogens is 341 g/mol. The number of amides is 1. The molecule has 0 radical (unpaired) electrons. The fourth-order valence-electron chi connectivity index (χ4n) is 2.40. The zero-order valence-electron chi connectivity index (χ0n) is 13.7. The van der Waals surface area contributed by atoms with Gasteiger partial charge in [-0.25, -0.2) is 4.39 Å². The molecule has 5 nitrogen and oxygen atoms in total. The molecule has 3 rings (SSSR count). The van der Waals surface area contributed by atoms with Gasteiger partial charge >= 0.3 is 0 Å². The number of aromatic nitrogens is 2. The predicted octanol–water partition coefficient (Wildman–Crippen LogP) is 3.84. The Hall–Kier alpha value is -2.80. The molecule has 0 aliphatic rings. The number of hydrogen-bond acceptors (Lipinski definition) is 5. The summed E-state index contributed by atoms with van der Waals surface area (Å²) in [6, 6.07) is 13.1. The molecule has 0 aliphatic carbocycles. The second-order valence-corrected chi connectivity index (χ2v) is 6.18. The molecule has 128 valence electrons. The monoisotopic (exact) mass is 357 g/mol. The minimum atomic E-state index is -0.311. The number of rotatable bonds is 5. The second-order valence-electron chi connectivity index (χ2n) is 5.43. The lowest BCUT2D eigenvalue weighted by molar-refractivity contribution is 0.0944. The number of nitrogens with zero attached hydrogens (tertiary/aromatic N) is 2. The zero-order chi connectivity index (χ0) is 17.8. The van der Waals surface area contributed by atoms with Crippen molar-refractivity contribution in [3.63, 3.8) is 0 Å². The van der Waals surface area contributed by atoms with Crippen LogP contribution in [0.25, 0.3) is 11.3 Å². The van der Waals surface area contributed by atoms with Crippen LogP contribution in [0.3, 0.4) is 0 Å². The number of halogens is 1. The number of benzene rings is 2. The molecule has 0 aliphatic heterocycles. The van der Waals surface area contributed by atoms with Gasteiger partial charge in [0.15, 0.2) is 0 Å². The van der Waals surface area contributed by atoms with Crippen molar-refractivity contribution in [2.45, 2.75) is 13.0 Å². The van der Waals surface area contributed by atoms with Crippen LogP contribution in [-0.4, -0.2) is 22.6 Å². The molecule has 0 unspecified atom stereocenters. The van der Waals surface area contributed by atoms with E-state index in [1.807, 2.05) is 25.1 Å². The van der Waals surface area contributed by atoms with Crippen LogP contribution >= 0.6 is 11.5 Å². The molecule has 25 heavy (non-hydrogen) atoms. The topological polar surface area (TPSA) is 64.1 Å². The van der Waals surface area contributed by atoms with Crippen LogP contribution in [-0.2, 0) is 0 Å². The molecule has 0 fully saturated rings. The van der Waals surface area contributed by atoms with Gasteiger partial charge in [0.1, 0.15) is 22.1 Å². The fourth-order valence-corrected chi connectivity index (χ4v) is 2.99. The van der Waals surface area contributed by atoms with Crippen molar-refractivity contribution in [3.05, 3.63) is 64.8 Å². The summed E-state index contributed by atoms with van der Waals surface area (Å²) < 4.78 is 22.1. The van der Waals surface area contributed by atoms with Gasteiger partial charge in [0.05, 0.1) is 13.2 Å². The highest BCUT2D eigenvalue weighted by Gasteiger charge is 2.20. The summed E-state index contributed by atoms with van der Waals surface area (Å²) in [6.07, 6.45) is 0. The lowest BCUT2D eigenvalue weighted by Crippen LogP contribution is -2.26. The first-order chi connectivity index (χ1) is 12.1. The minimum Gasteiger partial charge on any atom is -0.497 e. The lowest BCUT2D eigenvalue weighted by atomic mass is 10.1. The van der Waals surface area contributed by atoms with E-state index in [0.717, 1.165) is 22.7 Å². The number of nitrogens with one attached hydrogen (secondary N) is 1. The van der Waals surface area contributed by atoms with Crippen LogP contribution in [0.1, 0.15) is 28.2 Å². The zero-order valence-corrected chi connectivity index (χ0v) is 14.5. The maximum Gasteiger partial charge on any atom is 0.265 e. The van der Waals surface area contributed by atoms with Crippen molar-refractivity contribution in [1.29, 1.82) is 0 Å². The van der Waals surface area contributed by atoms with Crippen molar-refractivity contribution in [2.75, 3.05) is 7.11 Å². The normalized spacial score (nSPS) is 11.8. The minimum absolute atomic E-state index is 0.270. The van der Waals surface area contributed by atoms with Crippen LogP contribution in [0.5, 0.6) is 5.75 Å². The lowest BCUT2D eigenvalue weighted by Gasteiger charge is -2.14. The van der Waals surface area contributed by atoms with E-state index in [1.54, 1.807) is 25.3 Å². The molecule has 1 aromatic heterocycles. The molecule has 7 heteroatoms. The van der Waals surface area contributed by atoms with E-state index in [4.69, 9.17) is 4.74 Å². The number of methoxy groups -OCH3 is 1. The Morgan fingerprint density at radius 3 is 2.72 bits per heavy atom. The van der Waals surface area contributed by atoms with Gasteiger partial charge in [-0.1, -0.05) is 28.8 Å². The Morgan fingerprint density at radius 2 is 2.00 bits per heavy atom. The van der Waals surface area contributed by atoms with Crippen LogP contribution in [0.4, 0.5) is 4.39 Å². The fraction of sp³-hybridized carbons (Fsp3) is 0.167. The Labute approximate surface area is 148 Å². The number of carbonyl (C=O) groups excluding carboxylic acids is 1. The van der Waals surface area contributed by atoms with Gasteiger partial charge in [-0.15, -0.1) is 5.10 Å². The van der Waals surface area contributed by atoms with Crippen LogP contribution in [0, 0.1) is 5.82 Å². The largest absolute Gasteiger partial charge is 0.497 e. The van der Waals surface area contributed by atoms with Gasteiger partial charge in [-0.3, -0.25) is 4.79 Å². The maximum absolute atomic E-state index is 13.0.